The molecule has 1 aromatic heterocycles. The molecule has 138 valence electrons. The molecular weight excluding hydrogens is 338 g/mol. The van der Waals surface area contributed by atoms with Crippen molar-refractivity contribution in [3.05, 3.63) is 65.4 Å². The van der Waals surface area contributed by atoms with Gasteiger partial charge in [-0.15, -0.1) is 0 Å². The van der Waals surface area contributed by atoms with Gasteiger partial charge in [-0.3, -0.25) is 0 Å². The third kappa shape index (κ3) is 2.38. The largest absolute Gasteiger partial charge is 0.465 e. The number of likely N-dealkylation sites (N-methyl/N-ethyl adjacent to an activating group) is 1. The molecule has 1 saturated heterocycles. The first kappa shape index (κ1) is 16.4. The van der Waals surface area contributed by atoms with Crippen LogP contribution in [0.25, 0.3) is 10.9 Å². The fraction of sp³-hybridized carbons (Fsp3) is 0.318. The number of hydrogen-bond donors (Lipinski definition) is 0. The highest BCUT2D eigenvalue weighted by Gasteiger charge is 2.37. The Morgan fingerprint density at radius 2 is 1.85 bits per heavy atom. The minimum absolute atomic E-state index is 0.119. The molecule has 2 aromatic carbocycles. The van der Waals surface area contributed by atoms with Crippen LogP contribution < -0.4 is 4.90 Å². The van der Waals surface area contributed by atoms with E-state index in [1.54, 1.807) is 0 Å². The van der Waals surface area contributed by atoms with E-state index in [-0.39, 0.29) is 12.0 Å². The van der Waals surface area contributed by atoms with Crippen molar-refractivity contribution in [2.75, 3.05) is 38.7 Å². The minimum Gasteiger partial charge on any atom is -0.465 e. The molecule has 1 atom stereocenters. The predicted molar refractivity (Wildman–Crippen MR) is 106 cm³/mol. The normalized spacial score (nSPS) is 19.2. The number of methoxy groups -OCH3 is 1. The summed E-state index contributed by atoms with van der Waals surface area (Å²) in [5.41, 5.74) is 5.46. The maximum Gasteiger partial charge on any atom is 0.340 e. The first-order valence-electron chi connectivity index (χ1n) is 9.41. The molecule has 5 rings (SSSR count). The van der Waals surface area contributed by atoms with Gasteiger partial charge in [0.25, 0.3) is 0 Å². The fourth-order valence-electron chi connectivity index (χ4n) is 4.69. The van der Waals surface area contributed by atoms with Crippen molar-refractivity contribution in [2.45, 2.75) is 12.6 Å². The van der Waals surface area contributed by atoms with E-state index < -0.39 is 0 Å². The Labute approximate surface area is 158 Å². The summed E-state index contributed by atoms with van der Waals surface area (Å²) in [6, 6.07) is 16.9. The van der Waals surface area contributed by atoms with Gasteiger partial charge in [-0.25, -0.2) is 4.79 Å². The summed E-state index contributed by atoms with van der Waals surface area (Å²) in [6.45, 7) is 3.60. The molecule has 5 heteroatoms. The monoisotopic (exact) mass is 361 g/mol. The predicted octanol–water partition coefficient (Wildman–Crippen LogP) is 3.28. The number of nitrogens with zero attached hydrogens (tertiary/aromatic N) is 3. The number of anilines is 1. The maximum atomic E-state index is 12.8. The van der Waals surface area contributed by atoms with E-state index in [9.17, 15) is 4.79 Å². The number of esters is 1. The third-order valence-electron chi connectivity index (χ3n) is 5.93. The number of carbonyl (C=O) groups excluding carboxylic acids is 1. The molecule has 2 aliphatic rings. The molecule has 0 bridgehead atoms. The summed E-state index contributed by atoms with van der Waals surface area (Å²) >= 11 is 0. The summed E-state index contributed by atoms with van der Waals surface area (Å²) in [6.07, 6.45) is 0. The van der Waals surface area contributed by atoms with Crippen molar-refractivity contribution in [3.63, 3.8) is 0 Å². The summed E-state index contributed by atoms with van der Waals surface area (Å²) in [5.74, 6) is -0.251. The highest BCUT2D eigenvalue weighted by molar-refractivity contribution is 6.06. The average molecular weight is 361 g/mol. The number of carbonyl (C=O) groups is 1. The summed E-state index contributed by atoms with van der Waals surface area (Å²) < 4.78 is 7.53. The van der Waals surface area contributed by atoms with Crippen LogP contribution in [0.3, 0.4) is 0 Å². The van der Waals surface area contributed by atoms with E-state index in [4.69, 9.17) is 4.74 Å². The van der Waals surface area contributed by atoms with E-state index in [0.29, 0.717) is 5.56 Å². The first-order valence-corrected chi connectivity index (χ1v) is 9.41. The quantitative estimate of drug-likeness (QED) is 0.624. The molecule has 3 heterocycles. The number of fused-ring (bicyclic) bond motifs is 7. The molecule has 0 amide bonds. The number of ether oxygens (including phenoxy) is 1. The van der Waals surface area contributed by atoms with Gasteiger partial charge in [0.15, 0.2) is 0 Å². The number of rotatable bonds is 1. The van der Waals surface area contributed by atoms with Crippen LogP contribution in [0, 0.1) is 0 Å². The standard InChI is InChI=1S/C22H23N3O2/c1-23-11-12-24-17-9-5-3-7-15(17)13-25-18-10-6-4-8-16(18)20(22(26)27-2)21(25)19(24)14-23/h3-10,19H,11-14H2,1-2H3/t19-/m0/s1. The van der Waals surface area contributed by atoms with Crippen LogP contribution in [0.1, 0.15) is 27.7 Å². The second kappa shape index (κ2) is 6.13. The number of para-hydroxylation sites is 2. The summed E-state index contributed by atoms with van der Waals surface area (Å²) in [4.78, 5) is 17.7. The van der Waals surface area contributed by atoms with Crippen LogP contribution in [-0.4, -0.2) is 49.2 Å². The van der Waals surface area contributed by atoms with Crippen molar-refractivity contribution in [1.82, 2.24) is 9.47 Å². The SMILES string of the molecule is COC(=O)c1c2n(c3ccccc13)Cc1ccccc1N1CCN(C)C[C@@H]21. The number of aromatic nitrogens is 1. The highest BCUT2D eigenvalue weighted by Crippen LogP contribution is 2.41. The topological polar surface area (TPSA) is 37.7 Å². The molecular formula is C22H23N3O2. The first-order chi connectivity index (χ1) is 13.2. The van der Waals surface area contributed by atoms with E-state index >= 15 is 0 Å². The minimum atomic E-state index is -0.251. The van der Waals surface area contributed by atoms with E-state index in [1.807, 2.05) is 18.2 Å². The molecule has 0 saturated carbocycles. The zero-order valence-corrected chi connectivity index (χ0v) is 15.7. The van der Waals surface area contributed by atoms with Gasteiger partial charge < -0.3 is 19.1 Å². The van der Waals surface area contributed by atoms with Crippen LogP contribution in [0.5, 0.6) is 0 Å². The molecule has 2 aliphatic heterocycles. The average Bonchev–Trinajstić information content (AvgIpc) is 2.94. The molecule has 3 aromatic rings. The molecule has 0 N–H and O–H groups in total. The van der Waals surface area contributed by atoms with E-state index in [0.717, 1.165) is 42.8 Å². The Balaban J connectivity index is 1.85. The Bertz CT molecular complexity index is 1040. The van der Waals surface area contributed by atoms with Crippen LogP contribution in [-0.2, 0) is 11.3 Å². The number of piperazine rings is 1. The van der Waals surface area contributed by atoms with Crippen LogP contribution >= 0.6 is 0 Å². The lowest BCUT2D eigenvalue weighted by molar-refractivity contribution is 0.0600. The Morgan fingerprint density at radius 1 is 1.07 bits per heavy atom. The van der Waals surface area contributed by atoms with Gasteiger partial charge in [0.2, 0.25) is 0 Å². The molecule has 0 radical (unpaired) electrons. The lowest BCUT2D eigenvalue weighted by Crippen LogP contribution is -2.47. The molecule has 0 aliphatic carbocycles. The van der Waals surface area contributed by atoms with Crippen molar-refractivity contribution < 1.29 is 9.53 Å². The Hall–Kier alpha value is -2.79. The Kier molecular flexibility index (Phi) is 3.72. The second-order valence-electron chi connectivity index (χ2n) is 7.46. The van der Waals surface area contributed by atoms with Gasteiger partial charge >= 0.3 is 5.97 Å². The molecule has 27 heavy (non-hydrogen) atoms. The van der Waals surface area contributed by atoms with Crippen LogP contribution in [0.15, 0.2) is 48.5 Å². The molecule has 0 unspecified atom stereocenters. The number of benzene rings is 2. The molecule has 5 nitrogen and oxygen atoms in total. The van der Waals surface area contributed by atoms with Gasteiger partial charge in [0.05, 0.1) is 24.4 Å². The highest BCUT2D eigenvalue weighted by atomic mass is 16.5. The zero-order valence-electron chi connectivity index (χ0n) is 15.7. The van der Waals surface area contributed by atoms with Crippen LogP contribution in [0.2, 0.25) is 0 Å². The van der Waals surface area contributed by atoms with E-state index in [2.05, 4.69) is 51.7 Å². The third-order valence-corrected chi connectivity index (χ3v) is 5.93. The molecule has 0 spiro atoms. The second-order valence-corrected chi connectivity index (χ2v) is 7.46. The summed E-state index contributed by atoms with van der Waals surface area (Å²) in [7, 11) is 3.62. The van der Waals surface area contributed by atoms with Crippen LogP contribution in [0.4, 0.5) is 5.69 Å². The van der Waals surface area contributed by atoms with Crippen molar-refractivity contribution in [2.24, 2.45) is 0 Å². The zero-order chi connectivity index (χ0) is 18.5. The van der Waals surface area contributed by atoms with E-state index in [1.165, 1.54) is 18.4 Å². The van der Waals surface area contributed by atoms with Gasteiger partial charge in [-0.2, -0.15) is 0 Å². The van der Waals surface area contributed by atoms with Crippen molar-refractivity contribution >= 4 is 22.6 Å². The smallest absolute Gasteiger partial charge is 0.340 e. The van der Waals surface area contributed by atoms with Gasteiger partial charge in [0.1, 0.15) is 0 Å². The van der Waals surface area contributed by atoms with Gasteiger partial charge in [-0.05, 0) is 24.7 Å². The van der Waals surface area contributed by atoms with Crippen molar-refractivity contribution in [1.29, 1.82) is 0 Å². The molecule has 1 fully saturated rings. The lowest BCUT2D eigenvalue weighted by atomic mass is 10.0. The Morgan fingerprint density at radius 3 is 2.70 bits per heavy atom. The van der Waals surface area contributed by atoms with Gasteiger partial charge in [-0.1, -0.05) is 36.4 Å². The lowest BCUT2D eigenvalue weighted by Gasteiger charge is -2.41. The fourth-order valence-corrected chi connectivity index (χ4v) is 4.69. The summed E-state index contributed by atoms with van der Waals surface area (Å²) in [5, 5.41) is 0.979. The maximum absolute atomic E-state index is 12.8. The van der Waals surface area contributed by atoms with Crippen molar-refractivity contribution in [3.8, 4) is 0 Å². The van der Waals surface area contributed by atoms with Gasteiger partial charge in [0, 0.05) is 42.8 Å². The number of hydrogen-bond acceptors (Lipinski definition) is 4.